The lowest BCUT2D eigenvalue weighted by atomic mass is 10.0. The first-order valence-electron chi connectivity index (χ1n) is 5.44. The third-order valence-corrected chi connectivity index (χ3v) is 3.45. The van der Waals surface area contributed by atoms with E-state index in [-0.39, 0.29) is 5.56 Å². The maximum absolute atomic E-state index is 12.6. The van der Waals surface area contributed by atoms with Gasteiger partial charge in [0, 0.05) is 11.1 Å². The lowest BCUT2D eigenvalue weighted by molar-refractivity contribution is 0.151. The molecule has 0 fully saturated rings. The van der Waals surface area contributed by atoms with Crippen LogP contribution in [0.5, 0.6) is 5.75 Å². The molecule has 2 rings (SSSR count). The summed E-state index contributed by atoms with van der Waals surface area (Å²) in [5.41, 5.74) is 1.36. The highest BCUT2D eigenvalue weighted by Gasteiger charge is 2.13. The van der Waals surface area contributed by atoms with E-state index in [9.17, 15) is 8.78 Å². The van der Waals surface area contributed by atoms with Gasteiger partial charge >= 0.3 is 0 Å². The predicted molar refractivity (Wildman–Crippen MR) is 73.4 cm³/mol. The first-order valence-corrected chi connectivity index (χ1v) is 6.20. The Bertz CT molecular complexity index is 600. The van der Waals surface area contributed by atoms with Gasteiger partial charge in [0.15, 0.2) is 0 Å². The molecule has 0 heterocycles. The topological polar surface area (TPSA) is 9.23 Å². The number of hydrogen-bond donors (Lipinski definition) is 0. The van der Waals surface area contributed by atoms with E-state index in [0.29, 0.717) is 21.4 Å². The Hall–Kier alpha value is -1.32. The van der Waals surface area contributed by atoms with Crippen molar-refractivity contribution in [3.05, 3.63) is 52.0 Å². The molecule has 1 nitrogen and oxygen atoms in total. The van der Waals surface area contributed by atoms with Crippen molar-refractivity contribution in [1.29, 1.82) is 0 Å². The van der Waals surface area contributed by atoms with E-state index in [1.807, 2.05) is 0 Å². The van der Waals surface area contributed by atoms with Crippen LogP contribution in [-0.4, -0.2) is 7.11 Å². The standard InChI is InChI=1S/C14H10Cl2F2O/c1-19-13-7-9(14(17)18)2-4-10(13)8-3-5-11(15)12(16)6-8/h2-7,14H,1H3. The Kier molecular flexibility index (Phi) is 4.27. The number of rotatable bonds is 3. The first kappa shape index (κ1) is 14.1. The third-order valence-electron chi connectivity index (χ3n) is 2.71. The normalized spacial score (nSPS) is 10.8. The van der Waals surface area contributed by atoms with Crippen LogP contribution in [0.2, 0.25) is 10.0 Å². The van der Waals surface area contributed by atoms with Crippen LogP contribution in [0.15, 0.2) is 36.4 Å². The van der Waals surface area contributed by atoms with Gasteiger partial charge in [-0.15, -0.1) is 0 Å². The van der Waals surface area contributed by atoms with E-state index in [2.05, 4.69) is 0 Å². The molecule has 0 aliphatic carbocycles. The minimum Gasteiger partial charge on any atom is -0.496 e. The van der Waals surface area contributed by atoms with E-state index in [1.54, 1.807) is 24.3 Å². The molecule has 0 bridgehead atoms. The van der Waals surface area contributed by atoms with Crippen LogP contribution in [0.25, 0.3) is 11.1 Å². The maximum atomic E-state index is 12.6. The number of ether oxygens (including phenoxy) is 1. The Morgan fingerprint density at radius 1 is 1.00 bits per heavy atom. The summed E-state index contributed by atoms with van der Waals surface area (Å²) in [5, 5.41) is 0.840. The first-order chi connectivity index (χ1) is 9.02. The van der Waals surface area contributed by atoms with Crippen LogP contribution in [0.3, 0.4) is 0 Å². The van der Waals surface area contributed by atoms with Crippen LogP contribution in [0.4, 0.5) is 8.78 Å². The molecule has 2 aromatic rings. The fraction of sp³-hybridized carbons (Fsp3) is 0.143. The summed E-state index contributed by atoms with van der Waals surface area (Å²) in [4.78, 5) is 0. The maximum Gasteiger partial charge on any atom is 0.263 e. The van der Waals surface area contributed by atoms with Crippen LogP contribution >= 0.6 is 23.2 Å². The molecule has 2 aromatic carbocycles. The molecule has 0 saturated carbocycles. The SMILES string of the molecule is COc1cc(C(F)F)ccc1-c1ccc(Cl)c(Cl)c1. The van der Waals surface area contributed by atoms with Crippen molar-refractivity contribution in [2.24, 2.45) is 0 Å². The third kappa shape index (κ3) is 2.99. The molecule has 0 amide bonds. The second-order valence-electron chi connectivity index (χ2n) is 3.89. The second-order valence-corrected chi connectivity index (χ2v) is 4.70. The van der Waals surface area contributed by atoms with Crippen molar-refractivity contribution in [2.45, 2.75) is 6.43 Å². The lowest BCUT2D eigenvalue weighted by Crippen LogP contribution is -1.92. The molecule has 0 aliphatic rings. The summed E-state index contributed by atoms with van der Waals surface area (Å²) in [5.74, 6) is 0.371. The summed E-state index contributed by atoms with van der Waals surface area (Å²) >= 11 is 11.8. The number of hydrogen-bond acceptors (Lipinski definition) is 1. The van der Waals surface area contributed by atoms with E-state index in [0.717, 1.165) is 5.56 Å². The van der Waals surface area contributed by atoms with Gasteiger partial charge in [-0.3, -0.25) is 0 Å². The zero-order valence-electron chi connectivity index (χ0n) is 9.96. The van der Waals surface area contributed by atoms with E-state index in [4.69, 9.17) is 27.9 Å². The molecule has 5 heteroatoms. The van der Waals surface area contributed by atoms with Gasteiger partial charge in [0.25, 0.3) is 6.43 Å². The fourth-order valence-electron chi connectivity index (χ4n) is 1.75. The fourth-order valence-corrected chi connectivity index (χ4v) is 2.04. The molecule has 0 unspecified atom stereocenters. The molecule has 0 atom stereocenters. The van der Waals surface area contributed by atoms with Crippen LogP contribution in [-0.2, 0) is 0 Å². The molecular weight excluding hydrogens is 293 g/mol. The van der Waals surface area contributed by atoms with Crippen molar-refractivity contribution >= 4 is 23.2 Å². The Morgan fingerprint density at radius 3 is 2.32 bits per heavy atom. The molecule has 0 spiro atoms. The zero-order chi connectivity index (χ0) is 14.0. The number of methoxy groups -OCH3 is 1. The number of halogens is 4. The molecule has 100 valence electrons. The molecule has 19 heavy (non-hydrogen) atoms. The summed E-state index contributed by atoms with van der Waals surface area (Å²) in [6, 6.07) is 9.35. The Balaban J connectivity index is 2.52. The second kappa shape index (κ2) is 5.76. The summed E-state index contributed by atoms with van der Waals surface area (Å²) in [7, 11) is 1.44. The Labute approximate surface area is 119 Å². The number of alkyl halides is 2. The molecule has 0 saturated heterocycles. The zero-order valence-corrected chi connectivity index (χ0v) is 11.5. The van der Waals surface area contributed by atoms with Gasteiger partial charge in [-0.1, -0.05) is 41.4 Å². The van der Waals surface area contributed by atoms with Gasteiger partial charge in [-0.25, -0.2) is 8.78 Å². The van der Waals surface area contributed by atoms with Gasteiger partial charge in [0.1, 0.15) is 5.75 Å². The molecule has 0 radical (unpaired) electrons. The van der Waals surface area contributed by atoms with Crippen molar-refractivity contribution in [1.82, 2.24) is 0 Å². The highest BCUT2D eigenvalue weighted by molar-refractivity contribution is 6.42. The minimum atomic E-state index is -2.53. The predicted octanol–water partition coefficient (Wildman–Crippen LogP) is 5.61. The van der Waals surface area contributed by atoms with Crippen LogP contribution in [0.1, 0.15) is 12.0 Å². The monoisotopic (exact) mass is 302 g/mol. The Morgan fingerprint density at radius 2 is 1.74 bits per heavy atom. The van der Waals surface area contributed by atoms with Gasteiger partial charge in [0.2, 0.25) is 0 Å². The van der Waals surface area contributed by atoms with E-state index < -0.39 is 6.43 Å². The summed E-state index contributed by atoms with van der Waals surface area (Å²) in [6.07, 6.45) is -2.53. The summed E-state index contributed by atoms with van der Waals surface area (Å²) in [6.45, 7) is 0. The van der Waals surface area contributed by atoms with E-state index >= 15 is 0 Å². The van der Waals surface area contributed by atoms with Crippen molar-refractivity contribution in [2.75, 3.05) is 7.11 Å². The quantitative estimate of drug-likeness (QED) is 0.716. The highest BCUT2D eigenvalue weighted by atomic mass is 35.5. The van der Waals surface area contributed by atoms with Crippen LogP contribution in [0, 0.1) is 0 Å². The molecule has 0 aliphatic heterocycles. The average Bonchev–Trinajstić information content (AvgIpc) is 2.41. The number of benzene rings is 2. The van der Waals surface area contributed by atoms with Crippen molar-refractivity contribution < 1.29 is 13.5 Å². The largest absolute Gasteiger partial charge is 0.496 e. The van der Waals surface area contributed by atoms with Gasteiger partial charge in [-0.05, 0) is 23.8 Å². The van der Waals surface area contributed by atoms with Crippen LogP contribution < -0.4 is 4.74 Å². The molecular formula is C14H10Cl2F2O. The van der Waals surface area contributed by atoms with Gasteiger partial charge in [-0.2, -0.15) is 0 Å². The van der Waals surface area contributed by atoms with Gasteiger partial charge < -0.3 is 4.74 Å². The van der Waals surface area contributed by atoms with Crippen molar-refractivity contribution in [3.8, 4) is 16.9 Å². The van der Waals surface area contributed by atoms with Gasteiger partial charge in [0.05, 0.1) is 17.2 Å². The smallest absolute Gasteiger partial charge is 0.263 e. The minimum absolute atomic E-state index is 0.0827. The van der Waals surface area contributed by atoms with E-state index in [1.165, 1.54) is 19.2 Å². The highest BCUT2D eigenvalue weighted by Crippen LogP contribution is 2.36. The summed E-state index contributed by atoms with van der Waals surface area (Å²) < 4.78 is 30.4. The molecule has 0 N–H and O–H groups in total. The van der Waals surface area contributed by atoms with Crippen molar-refractivity contribution in [3.63, 3.8) is 0 Å². The average molecular weight is 303 g/mol. The lowest BCUT2D eigenvalue weighted by Gasteiger charge is -2.11. The molecule has 0 aromatic heterocycles.